The summed E-state index contributed by atoms with van der Waals surface area (Å²) in [5, 5.41) is 3.59. The molecule has 5 nitrogen and oxygen atoms in total. The molecule has 0 amide bonds. The summed E-state index contributed by atoms with van der Waals surface area (Å²) in [5.41, 5.74) is 0. The first-order valence-corrected chi connectivity index (χ1v) is 4.45. The molecule has 0 spiro atoms. The number of ether oxygens (including phenoxy) is 1. The molecular formula is C9H14N2O3. The molecule has 1 rings (SSSR count). The SMILES string of the molecule is CCN(CC(=O)OC)Cc1ccno1. The second-order valence-electron chi connectivity index (χ2n) is 2.86. The van der Waals surface area contributed by atoms with E-state index < -0.39 is 0 Å². The van der Waals surface area contributed by atoms with Crippen molar-refractivity contribution in [3.8, 4) is 0 Å². The van der Waals surface area contributed by atoms with Gasteiger partial charge in [-0.15, -0.1) is 0 Å². The van der Waals surface area contributed by atoms with Gasteiger partial charge in [0.2, 0.25) is 0 Å². The van der Waals surface area contributed by atoms with Gasteiger partial charge in [0.1, 0.15) is 0 Å². The molecule has 0 saturated heterocycles. The molecule has 0 aromatic carbocycles. The molecule has 0 fully saturated rings. The van der Waals surface area contributed by atoms with Gasteiger partial charge in [-0.1, -0.05) is 12.1 Å². The van der Waals surface area contributed by atoms with Crippen LogP contribution in [-0.2, 0) is 16.1 Å². The fourth-order valence-electron chi connectivity index (χ4n) is 1.07. The summed E-state index contributed by atoms with van der Waals surface area (Å²) in [4.78, 5) is 12.9. The monoisotopic (exact) mass is 198 g/mol. The minimum Gasteiger partial charge on any atom is -0.468 e. The van der Waals surface area contributed by atoms with E-state index >= 15 is 0 Å². The normalized spacial score (nSPS) is 10.5. The van der Waals surface area contributed by atoms with E-state index in [1.165, 1.54) is 7.11 Å². The fraction of sp³-hybridized carbons (Fsp3) is 0.556. The number of hydrogen-bond acceptors (Lipinski definition) is 5. The Morgan fingerprint density at radius 1 is 1.71 bits per heavy atom. The third-order valence-corrected chi connectivity index (χ3v) is 1.90. The largest absolute Gasteiger partial charge is 0.468 e. The van der Waals surface area contributed by atoms with Gasteiger partial charge in [-0.2, -0.15) is 0 Å². The summed E-state index contributed by atoms with van der Waals surface area (Å²) in [6.45, 7) is 3.58. The van der Waals surface area contributed by atoms with Gasteiger partial charge in [0.05, 0.1) is 26.4 Å². The highest BCUT2D eigenvalue weighted by Gasteiger charge is 2.10. The van der Waals surface area contributed by atoms with Crippen LogP contribution in [0.5, 0.6) is 0 Å². The summed E-state index contributed by atoms with van der Waals surface area (Å²) < 4.78 is 9.51. The molecular weight excluding hydrogens is 184 g/mol. The van der Waals surface area contributed by atoms with Gasteiger partial charge in [0.25, 0.3) is 0 Å². The zero-order valence-corrected chi connectivity index (χ0v) is 8.40. The average Bonchev–Trinajstić information content (AvgIpc) is 2.69. The van der Waals surface area contributed by atoms with E-state index in [4.69, 9.17) is 4.52 Å². The average molecular weight is 198 g/mol. The molecule has 0 aliphatic rings. The highest BCUT2D eigenvalue weighted by Crippen LogP contribution is 2.02. The molecule has 78 valence electrons. The van der Waals surface area contributed by atoms with Crippen molar-refractivity contribution < 1.29 is 14.1 Å². The molecule has 0 aliphatic heterocycles. The Labute approximate surface area is 82.6 Å². The van der Waals surface area contributed by atoms with Crippen LogP contribution in [-0.4, -0.2) is 36.2 Å². The minimum absolute atomic E-state index is 0.244. The van der Waals surface area contributed by atoms with Crippen LogP contribution in [0.15, 0.2) is 16.8 Å². The van der Waals surface area contributed by atoms with E-state index in [0.717, 1.165) is 12.3 Å². The molecule has 1 aromatic heterocycles. The highest BCUT2D eigenvalue weighted by molar-refractivity contribution is 5.71. The third-order valence-electron chi connectivity index (χ3n) is 1.90. The van der Waals surface area contributed by atoms with Crippen molar-refractivity contribution >= 4 is 5.97 Å². The molecule has 0 N–H and O–H groups in total. The quantitative estimate of drug-likeness (QED) is 0.651. The van der Waals surface area contributed by atoms with Crippen LogP contribution in [0.2, 0.25) is 0 Å². The van der Waals surface area contributed by atoms with Gasteiger partial charge in [-0.05, 0) is 6.54 Å². The number of carbonyl (C=O) groups is 1. The predicted octanol–water partition coefficient (Wildman–Crippen LogP) is 0.669. The number of likely N-dealkylation sites (N-methyl/N-ethyl adjacent to an activating group) is 1. The third kappa shape index (κ3) is 3.18. The Balaban J connectivity index is 2.43. The Morgan fingerprint density at radius 2 is 2.50 bits per heavy atom. The predicted molar refractivity (Wildman–Crippen MR) is 49.5 cm³/mol. The number of rotatable bonds is 5. The van der Waals surface area contributed by atoms with Gasteiger partial charge in [-0.3, -0.25) is 9.69 Å². The van der Waals surface area contributed by atoms with Crippen molar-refractivity contribution in [3.05, 3.63) is 18.0 Å². The zero-order valence-electron chi connectivity index (χ0n) is 8.40. The topological polar surface area (TPSA) is 55.6 Å². The Morgan fingerprint density at radius 3 is 3.00 bits per heavy atom. The fourth-order valence-corrected chi connectivity index (χ4v) is 1.07. The standard InChI is InChI=1S/C9H14N2O3/c1-3-11(7-9(12)13-2)6-8-4-5-10-14-8/h4-5H,3,6-7H2,1-2H3. The molecule has 0 saturated carbocycles. The lowest BCUT2D eigenvalue weighted by atomic mass is 10.4. The van der Waals surface area contributed by atoms with E-state index in [2.05, 4.69) is 9.89 Å². The van der Waals surface area contributed by atoms with Crippen LogP contribution in [0, 0.1) is 0 Å². The zero-order chi connectivity index (χ0) is 10.4. The molecule has 0 radical (unpaired) electrons. The maximum Gasteiger partial charge on any atom is 0.319 e. The number of hydrogen-bond donors (Lipinski definition) is 0. The van der Waals surface area contributed by atoms with Crippen LogP contribution in [0.25, 0.3) is 0 Å². The van der Waals surface area contributed by atoms with Crippen LogP contribution in [0.1, 0.15) is 12.7 Å². The first kappa shape index (κ1) is 10.7. The van der Waals surface area contributed by atoms with Gasteiger partial charge in [0.15, 0.2) is 5.76 Å². The summed E-state index contributed by atoms with van der Waals surface area (Å²) in [5.74, 6) is 0.502. The Bertz CT molecular complexity index is 272. The maximum absolute atomic E-state index is 11.0. The molecule has 1 heterocycles. The lowest BCUT2D eigenvalue weighted by Crippen LogP contribution is -2.29. The maximum atomic E-state index is 11.0. The van der Waals surface area contributed by atoms with E-state index in [0.29, 0.717) is 6.54 Å². The molecule has 0 bridgehead atoms. The molecule has 5 heteroatoms. The lowest BCUT2D eigenvalue weighted by Gasteiger charge is -2.16. The van der Waals surface area contributed by atoms with Crippen LogP contribution in [0.3, 0.4) is 0 Å². The van der Waals surface area contributed by atoms with Crippen molar-refractivity contribution in [2.75, 3.05) is 20.2 Å². The molecule has 0 aliphatic carbocycles. The number of aromatic nitrogens is 1. The van der Waals surface area contributed by atoms with Gasteiger partial charge < -0.3 is 9.26 Å². The number of esters is 1. The van der Waals surface area contributed by atoms with E-state index in [1.807, 2.05) is 11.8 Å². The first-order valence-electron chi connectivity index (χ1n) is 4.45. The Hall–Kier alpha value is -1.36. The summed E-state index contributed by atoms with van der Waals surface area (Å²) in [6.07, 6.45) is 1.58. The van der Waals surface area contributed by atoms with Crippen LogP contribution >= 0.6 is 0 Å². The van der Waals surface area contributed by atoms with Gasteiger partial charge in [-0.25, -0.2) is 0 Å². The lowest BCUT2D eigenvalue weighted by molar-refractivity contribution is -0.142. The first-order chi connectivity index (χ1) is 6.76. The molecule has 0 atom stereocenters. The van der Waals surface area contributed by atoms with Crippen molar-refractivity contribution in [2.45, 2.75) is 13.5 Å². The molecule has 1 aromatic rings. The van der Waals surface area contributed by atoms with Gasteiger partial charge in [0, 0.05) is 6.07 Å². The van der Waals surface area contributed by atoms with Crippen molar-refractivity contribution in [1.82, 2.24) is 10.1 Å². The van der Waals surface area contributed by atoms with E-state index in [1.54, 1.807) is 12.3 Å². The number of methoxy groups -OCH3 is 1. The van der Waals surface area contributed by atoms with Crippen LogP contribution in [0.4, 0.5) is 0 Å². The second kappa shape index (κ2) is 5.39. The van der Waals surface area contributed by atoms with E-state index in [-0.39, 0.29) is 12.5 Å². The second-order valence-corrected chi connectivity index (χ2v) is 2.86. The van der Waals surface area contributed by atoms with Gasteiger partial charge >= 0.3 is 5.97 Å². The number of carbonyl (C=O) groups excluding carboxylic acids is 1. The Kier molecular flexibility index (Phi) is 4.12. The van der Waals surface area contributed by atoms with Crippen molar-refractivity contribution in [3.63, 3.8) is 0 Å². The summed E-state index contributed by atoms with van der Waals surface area (Å²) in [7, 11) is 1.38. The summed E-state index contributed by atoms with van der Waals surface area (Å²) in [6, 6.07) is 1.78. The minimum atomic E-state index is -0.244. The number of nitrogens with zero attached hydrogens (tertiary/aromatic N) is 2. The van der Waals surface area contributed by atoms with Crippen molar-refractivity contribution in [1.29, 1.82) is 0 Å². The van der Waals surface area contributed by atoms with Crippen molar-refractivity contribution in [2.24, 2.45) is 0 Å². The smallest absolute Gasteiger partial charge is 0.319 e. The van der Waals surface area contributed by atoms with Crippen LogP contribution < -0.4 is 0 Å². The summed E-state index contributed by atoms with van der Waals surface area (Å²) >= 11 is 0. The molecule has 0 unspecified atom stereocenters. The highest BCUT2D eigenvalue weighted by atomic mass is 16.5. The molecule has 14 heavy (non-hydrogen) atoms. The van der Waals surface area contributed by atoms with E-state index in [9.17, 15) is 4.79 Å².